The number of thioether (sulfide) groups is 1. The number of aromatic nitrogens is 4. The van der Waals surface area contributed by atoms with Crippen molar-refractivity contribution >= 4 is 29.4 Å². The Morgan fingerprint density at radius 3 is 2.71 bits per heavy atom. The summed E-state index contributed by atoms with van der Waals surface area (Å²) in [5.74, 6) is 0.416. The maximum Gasteiger partial charge on any atom is 0.265 e. The molecule has 0 spiro atoms. The molecular weight excluding hydrogens is 370 g/mol. The molecule has 1 aliphatic rings. The monoisotopic (exact) mass is 391 g/mol. The Kier molecular flexibility index (Phi) is 4.77. The number of benzene rings is 2. The van der Waals surface area contributed by atoms with E-state index >= 15 is 0 Å². The Labute approximate surface area is 168 Å². The number of hydrogen-bond acceptors (Lipinski definition) is 5. The number of para-hydroxylation sites is 1. The summed E-state index contributed by atoms with van der Waals surface area (Å²) in [7, 11) is 0. The summed E-state index contributed by atoms with van der Waals surface area (Å²) in [6, 6.07) is 16.2. The lowest BCUT2D eigenvalue weighted by Gasteiger charge is -2.29. The van der Waals surface area contributed by atoms with Gasteiger partial charge in [0.05, 0.1) is 17.1 Å². The molecule has 1 aromatic heterocycles. The van der Waals surface area contributed by atoms with Crippen LogP contribution in [0.4, 0.5) is 5.69 Å². The van der Waals surface area contributed by atoms with Gasteiger partial charge < -0.3 is 0 Å². The second-order valence-electron chi connectivity index (χ2n) is 7.67. The number of aromatic amines is 1. The molecule has 0 fully saturated rings. The highest BCUT2D eigenvalue weighted by atomic mass is 32.2. The maximum absolute atomic E-state index is 13.3. The molecule has 28 heavy (non-hydrogen) atoms. The van der Waals surface area contributed by atoms with E-state index in [1.165, 1.54) is 17.3 Å². The highest BCUT2D eigenvalue weighted by Crippen LogP contribution is 2.42. The van der Waals surface area contributed by atoms with E-state index in [9.17, 15) is 4.79 Å². The molecular formula is C21H21N5OS. The number of hydrogen-bond donors (Lipinski definition) is 1. The van der Waals surface area contributed by atoms with Crippen LogP contribution in [0.25, 0.3) is 6.08 Å². The maximum atomic E-state index is 13.3. The first-order chi connectivity index (χ1) is 13.4. The topological polar surface area (TPSA) is 74.8 Å². The van der Waals surface area contributed by atoms with E-state index in [1.54, 1.807) is 4.90 Å². The first-order valence-corrected chi connectivity index (χ1v) is 9.87. The summed E-state index contributed by atoms with van der Waals surface area (Å²) in [5, 5.41) is 14.0. The Morgan fingerprint density at radius 1 is 1.14 bits per heavy atom. The Morgan fingerprint density at radius 2 is 1.96 bits per heavy atom. The third-order valence-corrected chi connectivity index (χ3v) is 5.65. The number of H-pyrrole nitrogens is 1. The first kappa shape index (κ1) is 18.4. The fourth-order valence-corrected chi connectivity index (χ4v) is 4.12. The van der Waals surface area contributed by atoms with Crippen molar-refractivity contribution in [3.05, 3.63) is 70.4 Å². The zero-order valence-corrected chi connectivity index (χ0v) is 16.8. The molecule has 1 N–H and O–H groups in total. The Bertz CT molecular complexity index is 1040. The average molecular weight is 392 g/mol. The smallest absolute Gasteiger partial charge is 0.265 e. The van der Waals surface area contributed by atoms with Crippen molar-refractivity contribution in [1.29, 1.82) is 0 Å². The van der Waals surface area contributed by atoms with E-state index in [-0.39, 0.29) is 17.9 Å². The number of amides is 1. The van der Waals surface area contributed by atoms with E-state index in [4.69, 9.17) is 0 Å². The highest BCUT2D eigenvalue weighted by Gasteiger charge is 2.30. The van der Waals surface area contributed by atoms with Crippen LogP contribution in [0, 0.1) is 0 Å². The lowest BCUT2D eigenvalue weighted by Crippen LogP contribution is -2.34. The van der Waals surface area contributed by atoms with Crippen LogP contribution in [-0.2, 0) is 16.8 Å². The van der Waals surface area contributed by atoms with Crippen molar-refractivity contribution in [2.24, 2.45) is 0 Å². The Balaban J connectivity index is 1.73. The molecule has 2 aromatic carbocycles. The van der Waals surface area contributed by atoms with Crippen molar-refractivity contribution in [1.82, 2.24) is 20.6 Å². The lowest BCUT2D eigenvalue weighted by molar-refractivity contribution is -0.114. The second kappa shape index (κ2) is 7.24. The fourth-order valence-electron chi connectivity index (χ4n) is 3.06. The van der Waals surface area contributed by atoms with Gasteiger partial charge in [0.1, 0.15) is 0 Å². The van der Waals surface area contributed by atoms with Crippen LogP contribution in [0.5, 0.6) is 0 Å². The molecule has 142 valence electrons. The minimum Gasteiger partial charge on any atom is -0.299 e. The van der Waals surface area contributed by atoms with Crippen LogP contribution in [-0.4, -0.2) is 26.5 Å². The summed E-state index contributed by atoms with van der Waals surface area (Å²) >= 11 is 1.50. The van der Waals surface area contributed by atoms with Gasteiger partial charge in [-0.05, 0) is 34.8 Å². The summed E-state index contributed by atoms with van der Waals surface area (Å²) in [6.07, 6.45) is 1.96. The van der Waals surface area contributed by atoms with E-state index in [1.807, 2.05) is 42.5 Å². The molecule has 3 aromatic rings. The van der Waals surface area contributed by atoms with Crippen LogP contribution in [0.1, 0.15) is 37.7 Å². The molecule has 0 atom stereocenters. The van der Waals surface area contributed by atoms with Crippen LogP contribution in [0.2, 0.25) is 0 Å². The normalized spacial score (nSPS) is 15.8. The van der Waals surface area contributed by atoms with E-state index in [0.717, 1.165) is 16.1 Å². The summed E-state index contributed by atoms with van der Waals surface area (Å²) in [4.78, 5) is 16.7. The van der Waals surface area contributed by atoms with Crippen molar-refractivity contribution < 1.29 is 4.79 Å². The molecule has 1 amide bonds. The molecule has 0 unspecified atom stereocenters. The van der Waals surface area contributed by atoms with Crippen LogP contribution in [0.3, 0.4) is 0 Å². The fraction of sp³-hybridized carbons (Fsp3) is 0.238. The van der Waals surface area contributed by atoms with Gasteiger partial charge >= 0.3 is 0 Å². The number of nitrogens with one attached hydrogen (secondary N) is 1. The summed E-state index contributed by atoms with van der Waals surface area (Å²) in [5.41, 5.74) is 3.17. The minimum atomic E-state index is -0.0605. The zero-order valence-electron chi connectivity index (χ0n) is 16.0. The quantitative estimate of drug-likeness (QED) is 0.678. The van der Waals surface area contributed by atoms with Gasteiger partial charge in [-0.15, -0.1) is 10.2 Å². The SMILES string of the molecule is CC(C)(C)c1cccc(C=C2Sc3ccccc3N(Cc3nn[nH]n3)C2=O)c1. The van der Waals surface area contributed by atoms with Gasteiger partial charge in [-0.3, -0.25) is 9.69 Å². The standard InChI is InChI=1S/C21H21N5OS/c1-21(2,3)15-8-6-7-14(11-15)12-18-20(27)26(13-19-22-24-25-23-19)16-9-4-5-10-17(16)28-18/h4-12H,13H2,1-3H3,(H,22,23,24,25). The summed E-state index contributed by atoms with van der Waals surface area (Å²) in [6.45, 7) is 6.82. The van der Waals surface area contributed by atoms with Crippen molar-refractivity contribution in [2.75, 3.05) is 4.90 Å². The van der Waals surface area contributed by atoms with Gasteiger partial charge in [0, 0.05) is 4.90 Å². The third-order valence-electron chi connectivity index (χ3n) is 4.57. The van der Waals surface area contributed by atoms with Crippen molar-refractivity contribution in [3.63, 3.8) is 0 Å². The first-order valence-electron chi connectivity index (χ1n) is 9.05. The van der Waals surface area contributed by atoms with Gasteiger partial charge in [-0.1, -0.05) is 74.1 Å². The van der Waals surface area contributed by atoms with E-state index in [2.05, 4.69) is 53.5 Å². The number of carbonyl (C=O) groups excluding carboxylic acids is 1. The van der Waals surface area contributed by atoms with Gasteiger partial charge in [-0.25, -0.2) is 0 Å². The lowest BCUT2D eigenvalue weighted by atomic mass is 9.86. The predicted molar refractivity (Wildman–Crippen MR) is 111 cm³/mol. The molecule has 0 saturated heterocycles. The van der Waals surface area contributed by atoms with Gasteiger partial charge in [0.15, 0.2) is 5.82 Å². The van der Waals surface area contributed by atoms with E-state index < -0.39 is 0 Å². The molecule has 0 aliphatic carbocycles. The van der Waals surface area contributed by atoms with E-state index in [0.29, 0.717) is 10.7 Å². The van der Waals surface area contributed by atoms with Crippen molar-refractivity contribution in [2.45, 2.75) is 37.6 Å². The molecule has 0 bridgehead atoms. The molecule has 4 rings (SSSR count). The van der Waals surface area contributed by atoms with Gasteiger partial charge in [0.2, 0.25) is 0 Å². The molecule has 0 saturated carbocycles. The number of nitrogens with zero attached hydrogens (tertiary/aromatic N) is 4. The molecule has 2 heterocycles. The van der Waals surface area contributed by atoms with Crippen LogP contribution >= 0.6 is 11.8 Å². The summed E-state index contributed by atoms with van der Waals surface area (Å²) < 4.78 is 0. The predicted octanol–water partition coefficient (Wildman–Crippen LogP) is 4.18. The zero-order chi connectivity index (χ0) is 19.7. The Hall–Kier alpha value is -2.93. The van der Waals surface area contributed by atoms with Crippen LogP contribution in [0.15, 0.2) is 58.3 Å². The van der Waals surface area contributed by atoms with Gasteiger partial charge in [-0.2, -0.15) is 5.21 Å². The highest BCUT2D eigenvalue weighted by molar-refractivity contribution is 8.04. The number of fused-ring (bicyclic) bond motifs is 1. The molecule has 0 radical (unpaired) electrons. The van der Waals surface area contributed by atoms with Crippen LogP contribution < -0.4 is 4.90 Å². The number of carbonyl (C=O) groups is 1. The molecule has 7 heteroatoms. The number of rotatable bonds is 3. The number of tetrazole rings is 1. The van der Waals surface area contributed by atoms with Gasteiger partial charge in [0.25, 0.3) is 5.91 Å². The third kappa shape index (κ3) is 3.71. The average Bonchev–Trinajstić information content (AvgIpc) is 3.18. The largest absolute Gasteiger partial charge is 0.299 e. The molecule has 6 nitrogen and oxygen atoms in total. The second-order valence-corrected chi connectivity index (χ2v) is 8.76. The molecule has 1 aliphatic heterocycles. The van der Waals surface area contributed by atoms with Crippen molar-refractivity contribution in [3.8, 4) is 0 Å². The minimum absolute atomic E-state index is 0.0511. The number of anilines is 1.